The summed E-state index contributed by atoms with van der Waals surface area (Å²) in [6.45, 7) is 3.96. The molecule has 256 valence electrons. The van der Waals surface area contributed by atoms with Crippen molar-refractivity contribution in [3.8, 4) is 5.75 Å². The molecule has 0 fully saturated rings. The van der Waals surface area contributed by atoms with E-state index in [1.807, 2.05) is 87.6 Å². The number of aldehydes is 1. The van der Waals surface area contributed by atoms with E-state index in [0.29, 0.717) is 24.2 Å². The van der Waals surface area contributed by atoms with Gasteiger partial charge in [-0.15, -0.1) is 0 Å². The summed E-state index contributed by atoms with van der Waals surface area (Å²) in [7, 11) is 7.58. The Morgan fingerprint density at radius 3 is 2.19 bits per heavy atom. The first kappa shape index (κ1) is 38.7. The molecule has 9 nitrogen and oxygen atoms in total. The number of carbonyl (C=O) groups excluding carboxylic acids is 2. The second-order valence-electron chi connectivity index (χ2n) is 11.4. The van der Waals surface area contributed by atoms with Crippen LogP contribution < -0.4 is 33.4 Å². The van der Waals surface area contributed by atoms with E-state index >= 15 is 0 Å². The monoisotopic (exact) mass is 780 g/mol. The normalized spacial score (nSPS) is 12.2. The number of anilines is 3. The van der Waals surface area contributed by atoms with Crippen molar-refractivity contribution in [1.82, 2.24) is 13.4 Å². The van der Waals surface area contributed by atoms with Crippen molar-refractivity contribution in [2.24, 2.45) is 0 Å². The summed E-state index contributed by atoms with van der Waals surface area (Å²) in [4.78, 5) is 28.5. The van der Waals surface area contributed by atoms with Gasteiger partial charge in [0.25, 0.3) is 5.91 Å². The van der Waals surface area contributed by atoms with Gasteiger partial charge in [0.1, 0.15) is 12.0 Å². The van der Waals surface area contributed by atoms with Gasteiger partial charge in [0.05, 0.1) is 12.6 Å². The van der Waals surface area contributed by atoms with Crippen LogP contribution in [0.5, 0.6) is 5.75 Å². The van der Waals surface area contributed by atoms with Gasteiger partial charge in [0.15, 0.2) is 0 Å². The average molecular weight is 782 g/mol. The number of fused-ring (bicyclic) bond motifs is 1. The first-order valence-electron chi connectivity index (χ1n) is 15.7. The minimum atomic E-state index is -1.39. The SMILES string of the molecule is CN(C)c1ccc(N)cc1.CNCC[NH][Sb]([CH3])[c]1ccc(N)cc1.COc1ccc2c(c1)c(CC=O)c(C)n2C(=O)C1=CC=C(Cl)CC1. The Hall–Kier alpha value is -3.75. The number of benzene rings is 3. The van der Waals surface area contributed by atoms with Crippen LogP contribution >= 0.6 is 11.6 Å². The third-order valence-electron chi connectivity index (χ3n) is 7.82. The molecule has 3 aromatic carbocycles. The summed E-state index contributed by atoms with van der Waals surface area (Å²) in [6.07, 6.45) is 5.97. The maximum atomic E-state index is 13.0. The van der Waals surface area contributed by atoms with E-state index in [9.17, 15) is 9.59 Å². The number of carbonyl (C=O) groups is 2. The summed E-state index contributed by atoms with van der Waals surface area (Å²) in [5, 5.41) is 4.76. The number of halogens is 1. The molecular formula is C37H48ClN6O3Sb. The Kier molecular flexibility index (Phi) is 15.6. The Labute approximate surface area is 297 Å². The maximum absolute atomic E-state index is 13.0. The molecular weight excluding hydrogens is 734 g/mol. The van der Waals surface area contributed by atoms with E-state index in [-0.39, 0.29) is 12.3 Å². The van der Waals surface area contributed by atoms with Gasteiger partial charge < -0.3 is 20.2 Å². The van der Waals surface area contributed by atoms with Crippen LogP contribution in [0.3, 0.4) is 0 Å². The molecule has 0 spiro atoms. The van der Waals surface area contributed by atoms with Gasteiger partial charge in [-0.3, -0.25) is 9.36 Å². The number of hydrogen-bond donors (Lipinski definition) is 4. The number of nitrogens with one attached hydrogen (secondary N) is 2. The maximum Gasteiger partial charge on any atom is 0.258 e. The van der Waals surface area contributed by atoms with E-state index in [2.05, 4.69) is 25.8 Å². The van der Waals surface area contributed by atoms with Gasteiger partial charge in [-0.05, 0) is 73.9 Å². The van der Waals surface area contributed by atoms with E-state index in [1.165, 1.54) is 9.20 Å². The number of likely N-dealkylation sites (N-methyl/N-ethyl adjacent to an activating group) is 1. The first-order chi connectivity index (χ1) is 23.0. The van der Waals surface area contributed by atoms with Gasteiger partial charge in [-0.25, -0.2) is 0 Å². The van der Waals surface area contributed by atoms with Gasteiger partial charge >= 0.3 is 93.5 Å². The van der Waals surface area contributed by atoms with E-state index in [4.69, 9.17) is 27.8 Å². The summed E-state index contributed by atoms with van der Waals surface area (Å²) in [5.41, 5.74) is 17.1. The molecule has 1 aromatic heterocycles. The molecule has 48 heavy (non-hydrogen) atoms. The molecule has 0 aliphatic heterocycles. The van der Waals surface area contributed by atoms with Crippen LogP contribution in [0.2, 0.25) is 4.87 Å². The van der Waals surface area contributed by atoms with Gasteiger partial charge in [0, 0.05) is 53.6 Å². The fourth-order valence-electron chi connectivity index (χ4n) is 5.04. The second kappa shape index (κ2) is 19.3. The molecule has 0 saturated carbocycles. The third kappa shape index (κ3) is 10.9. The fourth-order valence-corrected chi connectivity index (χ4v) is 8.69. The molecule has 0 saturated heterocycles. The molecule has 1 aliphatic rings. The van der Waals surface area contributed by atoms with Crippen molar-refractivity contribution in [2.45, 2.75) is 31.1 Å². The molecule has 11 heteroatoms. The number of methoxy groups -OCH3 is 1. The predicted molar refractivity (Wildman–Crippen MR) is 204 cm³/mol. The van der Waals surface area contributed by atoms with Gasteiger partial charge in [-0.2, -0.15) is 0 Å². The first-order valence-corrected chi connectivity index (χ1v) is 21.2. The molecule has 0 radical (unpaired) electrons. The van der Waals surface area contributed by atoms with Gasteiger partial charge in [-0.1, -0.05) is 17.7 Å². The minimum absolute atomic E-state index is 0.0692. The molecule has 0 atom stereocenters. The predicted octanol–water partition coefficient (Wildman–Crippen LogP) is 5.42. The van der Waals surface area contributed by atoms with Crippen molar-refractivity contribution in [3.63, 3.8) is 0 Å². The molecule has 1 aliphatic carbocycles. The zero-order valence-corrected chi connectivity index (χ0v) is 32.0. The molecule has 4 aromatic rings. The average Bonchev–Trinajstić information content (AvgIpc) is 3.36. The molecule has 0 unspecified atom stereocenters. The third-order valence-corrected chi connectivity index (χ3v) is 13.2. The molecule has 0 bridgehead atoms. The zero-order valence-electron chi connectivity index (χ0n) is 28.7. The van der Waals surface area contributed by atoms with Crippen LogP contribution in [-0.4, -0.2) is 78.6 Å². The number of nitrogens with two attached hydrogens (primary N) is 2. The smallest absolute Gasteiger partial charge is 0.258 e. The van der Waals surface area contributed by atoms with Crippen LogP contribution in [-0.2, 0) is 11.2 Å². The summed E-state index contributed by atoms with van der Waals surface area (Å²) < 4.78 is 12.0. The van der Waals surface area contributed by atoms with E-state index in [1.54, 1.807) is 23.8 Å². The van der Waals surface area contributed by atoms with Crippen LogP contribution in [0.15, 0.2) is 89.5 Å². The zero-order chi connectivity index (χ0) is 35.2. The number of hydrogen-bond acceptors (Lipinski definition) is 8. The number of rotatable bonds is 10. The fraction of sp³-hybridized carbons (Fsp3) is 0.297. The second-order valence-corrected chi connectivity index (χ2v) is 17.5. The standard InChI is InChI=1S/C19H18ClNO3.C8H12N2.C6H6N.C3H9N2.CH3.Sb/c1-12-16(9-10-22)17-11-15(24-2)7-8-18(17)21(12)19(23)13-3-5-14(20)6-4-13;1-10(2)8-5-3-7(9)4-6-8;7-6-4-2-1-3-5-6;1-5-3-2-4;;/h3,5,7-8,10-11H,4,6,9H2,1-2H3;3-6H,9H2,1-2H3;2-5H,7H2;4-5H,2-3H2,1H3;1H3;/q;;;-1;;+1. The van der Waals surface area contributed by atoms with Crippen LogP contribution in [0.1, 0.15) is 28.9 Å². The quantitative estimate of drug-likeness (QED) is 0.0728. The summed E-state index contributed by atoms with van der Waals surface area (Å²) in [5.74, 6) is 0.631. The largest absolute Gasteiger partial charge is 0.497 e. The summed E-state index contributed by atoms with van der Waals surface area (Å²) >= 11 is 4.60. The molecule has 1 heterocycles. The number of ether oxygens (including phenoxy) is 1. The Balaban J connectivity index is 0.000000220. The Morgan fingerprint density at radius 1 is 1.00 bits per heavy atom. The Morgan fingerprint density at radius 2 is 1.65 bits per heavy atom. The topological polar surface area (TPSA) is 128 Å². The van der Waals surface area contributed by atoms with Crippen LogP contribution in [0, 0.1) is 6.92 Å². The minimum Gasteiger partial charge on any atom is -0.497 e. The van der Waals surface area contributed by atoms with Crippen molar-refractivity contribution < 1.29 is 14.3 Å². The number of aromatic nitrogens is 1. The van der Waals surface area contributed by atoms with E-state index < -0.39 is 20.5 Å². The Bertz CT molecular complexity index is 1720. The molecule has 6 N–H and O–H groups in total. The number of nitrogens with zero attached hydrogens (tertiary/aromatic N) is 2. The van der Waals surface area contributed by atoms with Gasteiger partial charge in [0.2, 0.25) is 0 Å². The van der Waals surface area contributed by atoms with Crippen molar-refractivity contribution >= 4 is 75.8 Å². The summed E-state index contributed by atoms with van der Waals surface area (Å²) in [6, 6.07) is 21.6. The van der Waals surface area contributed by atoms with Crippen molar-refractivity contribution in [2.75, 3.05) is 57.7 Å². The molecule has 5 rings (SSSR count). The number of nitrogen functional groups attached to an aromatic ring is 2. The van der Waals surface area contributed by atoms with Crippen molar-refractivity contribution in [3.05, 3.63) is 101 Å². The number of allylic oxidation sites excluding steroid dienone is 4. The van der Waals surface area contributed by atoms with Crippen LogP contribution in [0.4, 0.5) is 17.1 Å². The van der Waals surface area contributed by atoms with Crippen LogP contribution in [0.25, 0.3) is 10.9 Å². The van der Waals surface area contributed by atoms with Crippen molar-refractivity contribution in [1.29, 1.82) is 0 Å². The van der Waals surface area contributed by atoms with E-state index in [0.717, 1.165) is 57.9 Å². The molecule has 0 amide bonds.